The normalized spacial score (nSPS) is 12.3. The summed E-state index contributed by atoms with van der Waals surface area (Å²) in [4.78, 5) is 12.6. The molecule has 5 rings (SSSR count). The second-order valence-corrected chi connectivity index (χ2v) is 7.16. The second kappa shape index (κ2) is 6.57. The average molecular weight is 395 g/mol. The highest BCUT2D eigenvalue weighted by molar-refractivity contribution is 7.18. The van der Waals surface area contributed by atoms with Crippen LogP contribution in [0, 0.1) is 0 Å². The highest BCUT2D eigenvalue weighted by Gasteiger charge is 2.15. The van der Waals surface area contributed by atoms with E-state index in [4.69, 9.17) is 16.0 Å². The highest BCUT2D eigenvalue weighted by atomic mass is 35.5. The minimum atomic E-state index is 0.513. The molecule has 0 amide bonds. The summed E-state index contributed by atoms with van der Waals surface area (Å²) < 4.78 is 5.32. The van der Waals surface area contributed by atoms with Crippen LogP contribution < -0.4 is 5.32 Å². The number of aromatic nitrogens is 4. The molecule has 0 atom stereocenters. The van der Waals surface area contributed by atoms with Crippen molar-refractivity contribution < 1.29 is 4.42 Å². The molecule has 0 unspecified atom stereocenters. The van der Waals surface area contributed by atoms with E-state index in [0.29, 0.717) is 22.6 Å². The Kier molecular flexibility index (Phi) is 3.92. The monoisotopic (exact) mass is 394 g/mol. The van der Waals surface area contributed by atoms with Gasteiger partial charge in [0.15, 0.2) is 5.01 Å². The molecular formula is C18H11ClN6OS. The molecule has 3 aromatic heterocycles. The largest absolute Gasteiger partial charge is 0.444 e. The summed E-state index contributed by atoms with van der Waals surface area (Å²) in [5, 5.41) is 13.7. The first-order valence-electron chi connectivity index (χ1n) is 8.05. The topological polar surface area (TPSA) is 89.1 Å². The Hall–Kier alpha value is -3.10. The fourth-order valence-electron chi connectivity index (χ4n) is 2.79. The molecule has 1 N–H and O–H groups in total. The van der Waals surface area contributed by atoms with Crippen molar-refractivity contribution in [3.8, 4) is 22.0 Å². The molecule has 4 heterocycles. The number of rotatable bonds is 4. The lowest BCUT2D eigenvalue weighted by molar-refractivity contribution is 0.574. The van der Waals surface area contributed by atoms with E-state index in [2.05, 4.69) is 30.5 Å². The number of nitrogens with one attached hydrogen (secondary N) is 1. The van der Waals surface area contributed by atoms with Gasteiger partial charge in [-0.1, -0.05) is 29.0 Å². The third-order valence-electron chi connectivity index (χ3n) is 4.08. The third kappa shape index (κ3) is 2.98. The number of benzene rings is 1. The first-order valence-corrected chi connectivity index (χ1v) is 9.24. The van der Waals surface area contributed by atoms with Crippen molar-refractivity contribution in [2.45, 2.75) is 6.54 Å². The molecule has 0 spiro atoms. The molecule has 0 fully saturated rings. The van der Waals surface area contributed by atoms with Crippen molar-refractivity contribution in [2.75, 3.05) is 5.32 Å². The Morgan fingerprint density at radius 2 is 2.07 bits per heavy atom. The third-order valence-corrected chi connectivity index (χ3v) is 5.38. The van der Waals surface area contributed by atoms with Gasteiger partial charge in [-0.3, -0.25) is 9.98 Å². The molecule has 0 aliphatic carbocycles. The minimum absolute atomic E-state index is 0.513. The summed E-state index contributed by atoms with van der Waals surface area (Å²) in [7, 11) is 0. The predicted molar refractivity (Wildman–Crippen MR) is 105 cm³/mol. The quantitative estimate of drug-likeness (QED) is 0.544. The molecule has 4 aromatic rings. The number of aliphatic imine (C=N–C) groups is 1. The minimum Gasteiger partial charge on any atom is -0.444 e. The van der Waals surface area contributed by atoms with Crippen LogP contribution in [0.15, 0.2) is 52.5 Å². The molecule has 0 radical (unpaired) electrons. The van der Waals surface area contributed by atoms with E-state index in [-0.39, 0.29) is 0 Å². The first-order chi connectivity index (χ1) is 13.3. The zero-order valence-electron chi connectivity index (χ0n) is 13.8. The molecule has 1 aliphatic rings. The van der Waals surface area contributed by atoms with Crippen LogP contribution in [-0.4, -0.2) is 26.4 Å². The fraction of sp³-hybridized carbons (Fsp3) is 0.0556. The number of halogens is 1. The van der Waals surface area contributed by atoms with Gasteiger partial charge in [-0.05, 0) is 17.7 Å². The molecule has 7 nitrogen and oxygen atoms in total. The molecule has 0 saturated heterocycles. The van der Waals surface area contributed by atoms with Crippen LogP contribution in [0.3, 0.4) is 0 Å². The summed E-state index contributed by atoms with van der Waals surface area (Å²) >= 11 is 7.89. The van der Waals surface area contributed by atoms with E-state index >= 15 is 0 Å². The van der Waals surface area contributed by atoms with Gasteiger partial charge in [-0.15, -0.1) is 10.2 Å². The van der Waals surface area contributed by atoms with Gasteiger partial charge in [0.1, 0.15) is 6.26 Å². The van der Waals surface area contributed by atoms with E-state index in [9.17, 15) is 0 Å². The van der Waals surface area contributed by atoms with Gasteiger partial charge in [0.25, 0.3) is 0 Å². The molecular weight excluding hydrogens is 384 g/mol. The molecule has 0 saturated carbocycles. The number of oxazole rings is 1. The maximum absolute atomic E-state index is 6.48. The Bertz CT molecular complexity index is 1150. The lowest BCUT2D eigenvalue weighted by atomic mass is 10.1. The van der Waals surface area contributed by atoms with E-state index in [1.807, 2.05) is 18.2 Å². The summed E-state index contributed by atoms with van der Waals surface area (Å²) in [6.07, 6.45) is 8.35. The fourth-order valence-corrected chi connectivity index (χ4v) is 3.80. The first kappa shape index (κ1) is 16.1. The van der Waals surface area contributed by atoms with Gasteiger partial charge in [0, 0.05) is 29.7 Å². The Morgan fingerprint density at radius 3 is 2.96 bits per heavy atom. The van der Waals surface area contributed by atoms with Gasteiger partial charge in [0.2, 0.25) is 11.0 Å². The van der Waals surface area contributed by atoms with Crippen molar-refractivity contribution in [3.63, 3.8) is 0 Å². The molecule has 1 aromatic carbocycles. The summed E-state index contributed by atoms with van der Waals surface area (Å²) in [5.74, 6) is 0.513. The van der Waals surface area contributed by atoms with Crippen LogP contribution in [0.5, 0.6) is 0 Å². The lowest BCUT2D eigenvalue weighted by Gasteiger charge is -2.08. The zero-order valence-corrected chi connectivity index (χ0v) is 15.3. The van der Waals surface area contributed by atoms with Crippen LogP contribution in [-0.2, 0) is 6.54 Å². The van der Waals surface area contributed by atoms with Gasteiger partial charge in [-0.2, -0.15) is 0 Å². The smallest absolute Gasteiger partial charge is 0.227 e. The maximum atomic E-state index is 6.48. The molecule has 1 aliphatic heterocycles. The Labute approximate surface area is 162 Å². The van der Waals surface area contributed by atoms with Crippen molar-refractivity contribution in [3.05, 3.63) is 59.2 Å². The molecule has 27 heavy (non-hydrogen) atoms. The van der Waals surface area contributed by atoms with Gasteiger partial charge in [-0.25, -0.2) is 4.98 Å². The number of hydrogen-bond acceptors (Lipinski definition) is 8. The number of nitrogens with zero attached hydrogens (tertiary/aromatic N) is 5. The second-order valence-electron chi connectivity index (χ2n) is 5.81. The van der Waals surface area contributed by atoms with Crippen molar-refractivity contribution in [2.24, 2.45) is 4.99 Å². The molecule has 132 valence electrons. The Morgan fingerprint density at radius 1 is 1.15 bits per heavy atom. The van der Waals surface area contributed by atoms with Gasteiger partial charge < -0.3 is 9.73 Å². The van der Waals surface area contributed by atoms with Crippen LogP contribution in [0.1, 0.15) is 11.1 Å². The molecule has 0 bridgehead atoms. The van der Waals surface area contributed by atoms with Crippen LogP contribution in [0.4, 0.5) is 10.8 Å². The van der Waals surface area contributed by atoms with Crippen LogP contribution in [0.25, 0.3) is 22.0 Å². The Balaban J connectivity index is 1.43. The van der Waals surface area contributed by atoms with Crippen LogP contribution in [0.2, 0.25) is 5.02 Å². The standard InChI is InChI=1S/C18H11ClN6OS/c19-15-13-9-21-6-10(13)1-2-14(15)23-18-25-24-17(27-18)12-5-11(7-20-8-12)16-22-3-4-26-16/h1-5,7-9H,6H2,(H,23,25). The maximum Gasteiger partial charge on any atom is 0.227 e. The number of anilines is 2. The zero-order chi connectivity index (χ0) is 18.2. The number of fused-ring (bicyclic) bond motifs is 1. The SMILES string of the molecule is Clc1c(Nc2nnc(-c3cncc(-c4ncco4)c3)s2)ccc2c1C=NC2. The van der Waals surface area contributed by atoms with E-state index in [0.717, 1.165) is 32.9 Å². The summed E-state index contributed by atoms with van der Waals surface area (Å²) in [6, 6.07) is 5.87. The predicted octanol–water partition coefficient (Wildman–Crippen LogP) is 4.58. The van der Waals surface area contributed by atoms with Crippen molar-refractivity contribution in [1.29, 1.82) is 0 Å². The van der Waals surface area contributed by atoms with E-state index in [1.54, 1.807) is 24.8 Å². The van der Waals surface area contributed by atoms with E-state index in [1.165, 1.54) is 17.6 Å². The highest BCUT2D eigenvalue weighted by Crippen LogP contribution is 2.35. The van der Waals surface area contributed by atoms with Gasteiger partial charge >= 0.3 is 0 Å². The van der Waals surface area contributed by atoms with E-state index < -0.39 is 0 Å². The van der Waals surface area contributed by atoms with Gasteiger partial charge in [0.05, 0.1) is 29.0 Å². The summed E-state index contributed by atoms with van der Waals surface area (Å²) in [6.45, 7) is 0.673. The van der Waals surface area contributed by atoms with Crippen LogP contribution >= 0.6 is 22.9 Å². The number of pyridine rings is 1. The number of hydrogen-bond donors (Lipinski definition) is 1. The lowest BCUT2D eigenvalue weighted by Crippen LogP contribution is -1.94. The van der Waals surface area contributed by atoms with Crippen molar-refractivity contribution >= 4 is 40.0 Å². The van der Waals surface area contributed by atoms with Crippen molar-refractivity contribution in [1.82, 2.24) is 20.2 Å². The summed E-state index contributed by atoms with van der Waals surface area (Å²) in [5.41, 5.74) is 4.47. The average Bonchev–Trinajstić information content (AvgIpc) is 3.46. The molecule has 9 heteroatoms.